The third-order valence-corrected chi connectivity index (χ3v) is 5.58. The number of hydrogen-bond acceptors (Lipinski definition) is 3. The zero-order valence-corrected chi connectivity index (χ0v) is 13.6. The van der Waals surface area contributed by atoms with Crippen LogP contribution < -0.4 is 4.72 Å². The Bertz CT molecular complexity index is 595. The second-order valence-electron chi connectivity index (χ2n) is 5.35. The molecule has 21 heavy (non-hydrogen) atoms. The zero-order chi connectivity index (χ0) is 15.5. The van der Waals surface area contributed by atoms with Gasteiger partial charge in [-0.1, -0.05) is 18.0 Å². The van der Waals surface area contributed by atoms with Gasteiger partial charge in [0, 0.05) is 19.1 Å². The molecule has 1 aliphatic rings. The second kappa shape index (κ2) is 7.05. The summed E-state index contributed by atoms with van der Waals surface area (Å²) in [6, 6.07) is 3.89. The smallest absolute Gasteiger partial charge is 0.240 e. The van der Waals surface area contributed by atoms with Crippen molar-refractivity contribution in [3.05, 3.63) is 29.0 Å². The van der Waals surface area contributed by atoms with Gasteiger partial charge in [0.2, 0.25) is 10.0 Å². The largest absolute Gasteiger partial charge is 0.299 e. The van der Waals surface area contributed by atoms with Gasteiger partial charge in [0.25, 0.3) is 0 Å². The van der Waals surface area contributed by atoms with Crippen LogP contribution in [-0.2, 0) is 10.0 Å². The van der Waals surface area contributed by atoms with E-state index in [4.69, 9.17) is 11.6 Å². The van der Waals surface area contributed by atoms with Gasteiger partial charge < -0.3 is 0 Å². The molecule has 4 nitrogen and oxygen atoms in total. The number of sulfonamides is 1. The van der Waals surface area contributed by atoms with E-state index in [1.54, 1.807) is 0 Å². The molecule has 1 aromatic carbocycles. The lowest BCUT2D eigenvalue weighted by molar-refractivity contribution is 0.164. The molecule has 1 N–H and O–H groups in total. The number of benzene rings is 1. The number of nitrogens with zero attached hydrogens (tertiary/aromatic N) is 1. The number of rotatable bonds is 5. The lowest BCUT2D eigenvalue weighted by Gasteiger charge is -2.33. The molecule has 0 saturated carbocycles. The van der Waals surface area contributed by atoms with Crippen LogP contribution in [0.3, 0.4) is 0 Å². The van der Waals surface area contributed by atoms with Crippen LogP contribution in [0, 0.1) is 5.82 Å². The first-order valence-electron chi connectivity index (χ1n) is 7.09. The van der Waals surface area contributed by atoms with Gasteiger partial charge in [-0.05, 0) is 44.5 Å². The maximum absolute atomic E-state index is 13.1. The van der Waals surface area contributed by atoms with E-state index in [1.165, 1.54) is 12.5 Å². The lowest BCUT2D eigenvalue weighted by atomic mass is 10.0. The minimum atomic E-state index is -3.65. The van der Waals surface area contributed by atoms with Crippen molar-refractivity contribution in [3.63, 3.8) is 0 Å². The summed E-state index contributed by atoms with van der Waals surface area (Å²) in [4.78, 5) is 2.27. The topological polar surface area (TPSA) is 49.4 Å². The molecule has 0 aliphatic carbocycles. The summed E-state index contributed by atoms with van der Waals surface area (Å²) in [7, 11) is -3.65. The average molecular weight is 335 g/mol. The summed E-state index contributed by atoms with van der Waals surface area (Å²) in [5.74, 6) is -0.627. The number of halogens is 2. The van der Waals surface area contributed by atoms with Crippen molar-refractivity contribution in [1.29, 1.82) is 0 Å². The highest BCUT2D eigenvalue weighted by Crippen LogP contribution is 2.19. The van der Waals surface area contributed by atoms with Crippen LogP contribution in [-0.4, -0.2) is 39.0 Å². The summed E-state index contributed by atoms with van der Waals surface area (Å²) in [5.41, 5.74) is 0. The monoisotopic (exact) mass is 334 g/mol. The van der Waals surface area contributed by atoms with Gasteiger partial charge >= 0.3 is 0 Å². The molecule has 1 heterocycles. The fourth-order valence-corrected chi connectivity index (χ4v) is 3.83. The Kier molecular flexibility index (Phi) is 5.60. The van der Waals surface area contributed by atoms with Gasteiger partial charge in [-0.2, -0.15) is 0 Å². The minimum Gasteiger partial charge on any atom is -0.299 e. The quantitative estimate of drug-likeness (QED) is 0.900. The predicted molar refractivity (Wildman–Crippen MR) is 81.5 cm³/mol. The van der Waals surface area contributed by atoms with Crippen molar-refractivity contribution in [1.82, 2.24) is 9.62 Å². The van der Waals surface area contributed by atoms with Crippen molar-refractivity contribution in [2.45, 2.75) is 37.1 Å². The standard InChI is InChI=1S/C14H20ClFN2O2S/c1-11-4-2-3-8-18(11)9-7-17-21(19,20)12-5-6-14(16)13(15)10-12/h5-6,10-11,17H,2-4,7-9H2,1H3. The Morgan fingerprint density at radius 1 is 1.43 bits per heavy atom. The fraction of sp³-hybridized carbons (Fsp3) is 0.571. The third-order valence-electron chi connectivity index (χ3n) is 3.83. The summed E-state index contributed by atoms with van der Waals surface area (Å²) in [6.45, 7) is 4.18. The van der Waals surface area contributed by atoms with Gasteiger partial charge in [0.15, 0.2) is 0 Å². The third kappa shape index (κ3) is 4.39. The average Bonchev–Trinajstić information content (AvgIpc) is 2.44. The van der Waals surface area contributed by atoms with Crippen molar-refractivity contribution < 1.29 is 12.8 Å². The minimum absolute atomic E-state index is 0.0133. The van der Waals surface area contributed by atoms with Crippen LogP contribution in [0.15, 0.2) is 23.1 Å². The lowest BCUT2D eigenvalue weighted by Crippen LogP contribution is -2.42. The zero-order valence-electron chi connectivity index (χ0n) is 12.0. The van der Waals surface area contributed by atoms with Crippen molar-refractivity contribution in [2.24, 2.45) is 0 Å². The van der Waals surface area contributed by atoms with Crippen LogP contribution in [0.2, 0.25) is 5.02 Å². The van der Waals surface area contributed by atoms with Gasteiger partial charge in [0.05, 0.1) is 9.92 Å². The first kappa shape index (κ1) is 16.7. The van der Waals surface area contributed by atoms with Gasteiger partial charge in [-0.3, -0.25) is 4.90 Å². The van der Waals surface area contributed by atoms with Crippen molar-refractivity contribution in [2.75, 3.05) is 19.6 Å². The van der Waals surface area contributed by atoms with Gasteiger partial charge in [-0.25, -0.2) is 17.5 Å². The SMILES string of the molecule is CC1CCCCN1CCNS(=O)(=O)c1ccc(F)c(Cl)c1. The molecule has 118 valence electrons. The Balaban J connectivity index is 1.93. The fourth-order valence-electron chi connectivity index (χ4n) is 2.54. The van der Waals surface area contributed by atoms with E-state index in [2.05, 4.69) is 16.5 Å². The highest BCUT2D eigenvalue weighted by Gasteiger charge is 2.19. The Morgan fingerprint density at radius 2 is 2.19 bits per heavy atom. The molecule has 0 amide bonds. The Morgan fingerprint density at radius 3 is 2.86 bits per heavy atom. The van der Waals surface area contributed by atoms with Gasteiger partial charge in [0.1, 0.15) is 5.82 Å². The number of hydrogen-bond donors (Lipinski definition) is 1. The molecule has 0 spiro atoms. The number of likely N-dealkylation sites (tertiary alicyclic amines) is 1. The predicted octanol–water partition coefficient (Wildman–Crippen LogP) is 2.63. The number of nitrogens with one attached hydrogen (secondary N) is 1. The van der Waals surface area contributed by atoms with Crippen LogP contribution in [0.4, 0.5) is 4.39 Å². The first-order valence-corrected chi connectivity index (χ1v) is 8.95. The van der Waals surface area contributed by atoms with E-state index in [9.17, 15) is 12.8 Å². The summed E-state index contributed by atoms with van der Waals surface area (Å²) < 4.78 is 39.8. The molecule has 0 bridgehead atoms. The molecule has 0 aromatic heterocycles. The van der Waals surface area contributed by atoms with Crippen molar-refractivity contribution >= 4 is 21.6 Å². The van der Waals surface area contributed by atoms with E-state index in [0.29, 0.717) is 19.1 Å². The van der Waals surface area contributed by atoms with Crippen molar-refractivity contribution in [3.8, 4) is 0 Å². The van der Waals surface area contributed by atoms with Crippen LogP contribution >= 0.6 is 11.6 Å². The van der Waals surface area contributed by atoms with Gasteiger partial charge in [-0.15, -0.1) is 0 Å². The molecule has 1 atom stereocenters. The van der Waals surface area contributed by atoms with E-state index >= 15 is 0 Å². The molecule has 1 saturated heterocycles. The van der Waals surface area contributed by atoms with E-state index < -0.39 is 15.8 Å². The van der Waals surface area contributed by atoms with Crippen LogP contribution in [0.5, 0.6) is 0 Å². The molecule has 0 radical (unpaired) electrons. The molecule has 1 aromatic rings. The molecule has 7 heteroatoms. The van der Waals surface area contributed by atoms with E-state index in [-0.39, 0.29) is 9.92 Å². The maximum Gasteiger partial charge on any atom is 0.240 e. The molecular weight excluding hydrogens is 315 g/mol. The molecule has 1 unspecified atom stereocenters. The summed E-state index contributed by atoms with van der Waals surface area (Å²) in [5, 5.41) is -0.192. The van der Waals surface area contributed by atoms with E-state index in [0.717, 1.165) is 31.5 Å². The van der Waals surface area contributed by atoms with Crippen LogP contribution in [0.25, 0.3) is 0 Å². The van der Waals surface area contributed by atoms with Crippen LogP contribution in [0.1, 0.15) is 26.2 Å². The molecular formula is C14H20ClFN2O2S. The summed E-state index contributed by atoms with van der Waals surface area (Å²) in [6.07, 6.45) is 3.54. The number of piperidine rings is 1. The molecule has 1 aliphatic heterocycles. The summed E-state index contributed by atoms with van der Waals surface area (Å²) >= 11 is 5.62. The highest BCUT2D eigenvalue weighted by molar-refractivity contribution is 7.89. The van der Waals surface area contributed by atoms with E-state index in [1.807, 2.05) is 0 Å². The Labute approximate surface area is 130 Å². The molecule has 2 rings (SSSR count). The highest BCUT2D eigenvalue weighted by atomic mass is 35.5. The first-order chi connectivity index (χ1) is 9.90. The normalized spacial score (nSPS) is 20.6. The maximum atomic E-state index is 13.1. The second-order valence-corrected chi connectivity index (χ2v) is 7.53. The molecule has 1 fully saturated rings. The Hall–Kier alpha value is -0.690.